The highest BCUT2D eigenvalue weighted by Gasteiger charge is 2.15. The first kappa shape index (κ1) is 31.3. The van der Waals surface area contributed by atoms with Gasteiger partial charge < -0.3 is 26.3 Å². The van der Waals surface area contributed by atoms with E-state index < -0.39 is 0 Å². The molecule has 0 aliphatic heterocycles. The maximum Gasteiger partial charge on any atom is 0.222 e. The number of aryl methyl sites for hydroxylation is 4. The first-order valence-corrected chi connectivity index (χ1v) is 16.2. The van der Waals surface area contributed by atoms with Gasteiger partial charge >= 0.3 is 0 Å². The van der Waals surface area contributed by atoms with Crippen LogP contribution in [-0.2, 0) is 12.8 Å². The van der Waals surface area contributed by atoms with Crippen molar-refractivity contribution in [3.63, 3.8) is 0 Å². The quantitative estimate of drug-likeness (QED) is 0.112. The minimum atomic E-state index is 0.139. The van der Waals surface area contributed by atoms with Crippen LogP contribution >= 0.6 is 22.7 Å². The van der Waals surface area contributed by atoms with E-state index >= 15 is 0 Å². The van der Waals surface area contributed by atoms with E-state index in [0.29, 0.717) is 5.75 Å². The third-order valence-corrected chi connectivity index (χ3v) is 9.29. The number of nitrogens with one attached hydrogen (secondary N) is 1. The van der Waals surface area contributed by atoms with Gasteiger partial charge in [0, 0.05) is 26.2 Å². The highest BCUT2D eigenvalue weighted by atomic mass is 32.1. The predicted molar refractivity (Wildman–Crippen MR) is 187 cm³/mol. The number of nitrogens with zero attached hydrogens (tertiary/aromatic N) is 3. The number of nitriles is 1. The summed E-state index contributed by atoms with van der Waals surface area (Å²) in [6.07, 6.45) is 4.83. The molecule has 6 aromatic rings. The van der Waals surface area contributed by atoms with Crippen molar-refractivity contribution >= 4 is 60.3 Å². The molecule has 5 N–H and O–H groups in total. The first-order chi connectivity index (χ1) is 21.8. The second-order valence-corrected chi connectivity index (χ2v) is 12.0. The van der Waals surface area contributed by atoms with E-state index in [1.54, 1.807) is 28.9 Å². The third-order valence-electron chi connectivity index (χ3n) is 7.19. The van der Waals surface area contributed by atoms with Crippen molar-refractivity contribution in [1.29, 1.82) is 5.26 Å². The molecule has 10 heteroatoms. The number of hydrogen-bond acceptors (Lipinski definition) is 10. The number of thiophene rings is 2. The SMILES string of the molecule is CCc1c(O/C(C#N)=C/Nc2ccccc2)cc(C)c2sccc12.CCc1c(Oc2cnc(N)nc2N)cc(C)c2sccc12. The molecule has 0 atom stereocenters. The van der Waals surface area contributed by atoms with Gasteiger partial charge in [0.1, 0.15) is 17.6 Å². The van der Waals surface area contributed by atoms with Crippen molar-refractivity contribution < 1.29 is 9.47 Å². The Hall–Kier alpha value is -5.11. The summed E-state index contributed by atoms with van der Waals surface area (Å²) in [5.74, 6) is 2.59. The number of ether oxygens (including phenoxy) is 2. The van der Waals surface area contributed by atoms with Crippen molar-refractivity contribution in [3.8, 4) is 23.3 Å². The molecular formula is C35H34N6O2S2. The van der Waals surface area contributed by atoms with Crippen LogP contribution < -0.4 is 26.3 Å². The summed E-state index contributed by atoms with van der Waals surface area (Å²) in [5, 5.41) is 19.1. The number of anilines is 3. The van der Waals surface area contributed by atoms with Gasteiger partial charge in [0.2, 0.25) is 11.7 Å². The molecule has 0 saturated heterocycles. The zero-order valence-electron chi connectivity index (χ0n) is 25.5. The maximum absolute atomic E-state index is 9.39. The lowest BCUT2D eigenvalue weighted by Gasteiger charge is -2.13. The van der Waals surface area contributed by atoms with Crippen LogP contribution in [0, 0.1) is 25.2 Å². The average molecular weight is 635 g/mol. The van der Waals surface area contributed by atoms with E-state index in [-0.39, 0.29) is 17.5 Å². The van der Waals surface area contributed by atoms with Crippen LogP contribution in [0.2, 0.25) is 0 Å². The fourth-order valence-corrected chi connectivity index (χ4v) is 6.87. The second-order valence-electron chi connectivity index (χ2n) is 10.2. The zero-order valence-corrected chi connectivity index (χ0v) is 27.2. The van der Waals surface area contributed by atoms with Crippen LogP contribution in [0.5, 0.6) is 17.2 Å². The smallest absolute Gasteiger partial charge is 0.222 e. The van der Waals surface area contributed by atoms with Gasteiger partial charge in [-0.15, -0.1) is 22.7 Å². The summed E-state index contributed by atoms with van der Waals surface area (Å²) in [5.41, 5.74) is 16.9. The molecular weight excluding hydrogens is 601 g/mol. The number of aromatic nitrogens is 2. The molecule has 0 aliphatic carbocycles. The molecule has 3 heterocycles. The lowest BCUT2D eigenvalue weighted by atomic mass is 10.0. The molecule has 0 aliphatic rings. The van der Waals surface area contributed by atoms with Crippen molar-refractivity contribution in [3.05, 3.63) is 106 Å². The van der Waals surface area contributed by atoms with Crippen LogP contribution in [0.3, 0.4) is 0 Å². The largest absolute Gasteiger partial charge is 0.452 e. The van der Waals surface area contributed by atoms with Crippen molar-refractivity contribution in [2.24, 2.45) is 0 Å². The minimum Gasteiger partial charge on any atom is -0.452 e. The molecule has 45 heavy (non-hydrogen) atoms. The number of hydrogen-bond donors (Lipinski definition) is 3. The molecule has 228 valence electrons. The first-order valence-electron chi connectivity index (χ1n) is 14.5. The average Bonchev–Trinajstić information content (AvgIpc) is 3.73. The lowest BCUT2D eigenvalue weighted by Crippen LogP contribution is -2.02. The molecule has 3 aromatic carbocycles. The standard InChI is InChI=1S/C20H18N2OS.C15H16N4OS/c1-3-17-18-9-10-24-20(18)14(2)11-19(17)23-16(12-21)13-22-15-7-5-4-6-8-15;1-3-9-10-4-5-21-13(10)8(2)6-11(9)20-12-7-18-15(17)19-14(12)16/h4-11,13,22H,3H2,1-2H3;4-7H,3H2,1-2H3,(H4,16,17,18,19)/b16-13+;. The topological polar surface area (TPSA) is 132 Å². The third kappa shape index (κ3) is 7.01. The molecule has 0 saturated carbocycles. The molecule has 6 rings (SSSR count). The Labute approximate surface area is 270 Å². The van der Waals surface area contributed by atoms with Crippen LogP contribution in [0.15, 0.2) is 83.5 Å². The summed E-state index contributed by atoms with van der Waals surface area (Å²) in [7, 11) is 0. The molecule has 0 fully saturated rings. The van der Waals surface area contributed by atoms with Gasteiger partial charge in [-0.1, -0.05) is 32.0 Å². The van der Waals surface area contributed by atoms with Crippen LogP contribution in [0.4, 0.5) is 17.5 Å². The molecule has 3 aromatic heterocycles. The number of para-hydroxylation sites is 1. The Balaban J connectivity index is 0.000000179. The van der Waals surface area contributed by atoms with Gasteiger partial charge in [-0.3, -0.25) is 0 Å². The van der Waals surface area contributed by atoms with E-state index in [0.717, 1.165) is 41.2 Å². The van der Waals surface area contributed by atoms with Gasteiger partial charge in [-0.25, -0.2) is 4.98 Å². The Morgan fingerprint density at radius 2 is 1.49 bits per heavy atom. The van der Waals surface area contributed by atoms with Crippen LogP contribution in [-0.4, -0.2) is 9.97 Å². The highest BCUT2D eigenvalue weighted by Crippen LogP contribution is 2.38. The Morgan fingerprint density at radius 3 is 2.07 bits per heavy atom. The number of fused-ring (bicyclic) bond motifs is 2. The summed E-state index contributed by atoms with van der Waals surface area (Å²) in [6.45, 7) is 8.36. The van der Waals surface area contributed by atoms with E-state index in [9.17, 15) is 5.26 Å². The summed E-state index contributed by atoms with van der Waals surface area (Å²) >= 11 is 3.48. The van der Waals surface area contributed by atoms with Gasteiger partial charge in [0.05, 0.1) is 12.4 Å². The molecule has 8 nitrogen and oxygen atoms in total. The summed E-state index contributed by atoms with van der Waals surface area (Å²) in [6, 6.07) is 20.1. The van der Waals surface area contributed by atoms with Crippen LogP contribution in [0.25, 0.3) is 20.2 Å². The summed E-state index contributed by atoms with van der Waals surface area (Å²) < 4.78 is 14.4. The Bertz CT molecular complexity index is 2030. The van der Waals surface area contributed by atoms with Crippen molar-refractivity contribution in [2.45, 2.75) is 40.5 Å². The number of nitrogen functional groups attached to an aromatic ring is 2. The lowest BCUT2D eigenvalue weighted by molar-refractivity contribution is 0.443. The summed E-state index contributed by atoms with van der Waals surface area (Å²) in [4.78, 5) is 7.85. The molecule has 0 radical (unpaired) electrons. The van der Waals surface area contributed by atoms with Gasteiger partial charge in [0.15, 0.2) is 11.6 Å². The number of nitrogens with two attached hydrogens (primary N) is 2. The normalized spacial score (nSPS) is 11.1. The predicted octanol–water partition coefficient (Wildman–Crippen LogP) is 9.15. The van der Waals surface area contributed by atoms with E-state index in [1.165, 1.54) is 37.5 Å². The Kier molecular flexibility index (Phi) is 9.82. The van der Waals surface area contributed by atoms with Crippen molar-refractivity contribution in [2.75, 3.05) is 16.8 Å². The molecule has 0 spiro atoms. The van der Waals surface area contributed by atoms with Crippen molar-refractivity contribution in [1.82, 2.24) is 9.97 Å². The fraction of sp³-hybridized carbons (Fsp3) is 0.171. The van der Waals surface area contributed by atoms with Gasteiger partial charge in [-0.05, 0) is 95.7 Å². The molecule has 0 unspecified atom stereocenters. The molecule has 0 bridgehead atoms. The van der Waals surface area contributed by atoms with Crippen LogP contribution in [0.1, 0.15) is 36.1 Å². The monoisotopic (exact) mass is 634 g/mol. The maximum atomic E-state index is 9.39. The van der Waals surface area contributed by atoms with E-state index in [4.69, 9.17) is 20.9 Å². The van der Waals surface area contributed by atoms with Gasteiger partial charge in [0.25, 0.3) is 0 Å². The minimum absolute atomic E-state index is 0.139. The van der Waals surface area contributed by atoms with E-state index in [2.05, 4.69) is 71.9 Å². The number of allylic oxidation sites excluding steroid dienone is 1. The fourth-order valence-electron chi connectivity index (χ4n) is 5.06. The van der Waals surface area contributed by atoms with Gasteiger partial charge in [-0.2, -0.15) is 10.2 Å². The number of benzene rings is 3. The Morgan fingerprint density at radius 1 is 0.889 bits per heavy atom. The molecule has 0 amide bonds. The second kappa shape index (κ2) is 14.1. The number of rotatable bonds is 8. The zero-order chi connectivity index (χ0) is 31.9. The highest BCUT2D eigenvalue weighted by molar-refractivity contribution is 7.17. The van der Waals surface area contributed by atoms with E-state index in [1.807, 2.05) is 42.5 Å².